The van der Waals surface area contributed by atoms with Crippen LogP contribution in [0.4, 0.5) is 17.2 Å². The molecule has 3 aromatic carbocycles. The number of nitriles is 1. The molecule has 0 saturated heterocycles. The highest BCUT2D eigenvalue weighted by Gasteiger charge is 2.30. The first-order valence-corrected chi connectivity index (χ1v) is 10.5. The molecule has 0 saturated carbocycles. The van der Waals surface area contributed by atoms with Crippen LogP contribution in [0.25, 0.3) is 11.3 Å². The Morgan fingerprint density at radius 1 is 0.935 bits per heavy atom. The molecule has 1 aliphatic heterocycles. The van der Waals surface area contributed by atoms with Crippen LogP contribution in [0.3, 0.4) is 0 Å². The van der Waals surface area contributed by atoms with Gasteiger partial charge in [0.25, 0.3) is 0 Å². The third-order valence-electron chi connectivity index (χ3n) is 5.44. The molecule has 5 nitrogen and oxygen atoms in total. The second kappa shape index (κ2) is 8.17. The SMILES string of the molecule is N#CCCn1nc(-c2ccccc2)c2c1Nc1ccccc1NC2c1ccc(Cl)cc1. The maximum Gasteiger partial charge on any atom is 0.135 e. The van der Waals surface area contributed by atoms with Crippen LogP contribution in [-0.4, -0.2) is 9.78 Å². The minimum absolute atomic E-state index is 0.144. The number of fused-ring (bicyclic) bond motifs is 2. The maximum atomic E-state index is 9.19. The number of hydrogen-bond donors (Lipinski definition) is 2. The fourth-order valence-corrected chi connectivity index (χ4v) is 4.11. The molecule has 6 heteroatoms. The summed E-state index contributed by atoms with van der Waals surface area (Å²) in [7, 11) is 0. The first kappa shape index (κ1) is 19.2. The van der Waals surface area contributed by atoms with Crippen molar-refractivity contribution in [3.8, 4) is 17.3 Å². The van der Waals surface area contributed by atoms with Crippen molar-refractivity contribution in [2.45, 2.75) is 19.0 Å². The molecule has 0 amide bonds. The average molecular weight is 426 g/mol. The summed E-state index contributed by atoms with van der Waals surface area (Å²) in [4.78, 5) is 0. The molecule has 2 N–H and O–H groups in total. The van der Waals surface area contributed by atoms with Crippen molar-refractivity contribution in [3.63, 3.8) is 0 Å². The Balaban J connectivity index is 1.76. The lowest BCUT2D eigenvalue weighted by Gasteiger charge is -2.20. The number of benzene rings is 3. The number of rotatable bonds is 4. The van der Waals surface area contributed by atoms with Gasteiger partial charge in [0.15, 0.2) is 0 Å². The summed E-state index contributed by atoms with van der Waals surface area (Å²) in [6.07, 6.45) is 0.380. The zero-order chi connectivity index (χ0) is 21.2. The summed E-state index contributed by atoms with van der Waals surface area (Å²) in [6.45, 7) is 0.508. The van der Waals surface area contributed by atoms with Crippen LogP contribution in [0.1, 0.15) is 23.6 Å². The highest BCUT2D eigenvalue weighted by atomic mass is 35.5. The van der Waals surface area contributed by atoms with E-state index in [0.29, 0.717) is 18.0 Å². The van der Waals surface area contributed by atoms with Gasteiger partial charge in [-0.05, 0) is 29.8 Å². The van der Waals surface area contributed by atoms with Gasteiger partial charge in [0.1, 0.15) is 11.5 Å². The van der Waals surface area contributed by atoms with Crippen LogP contribution in [0.2, 0.25) is 5.02 Å². The molecular weight excluding hydrogens is 406 g/mol. The average Bonchev–Trinajstić information content (AvgIpc) is 3.06. The van der Waals surface area contributed by atoms with Crippen LogP contribution in [0.15, 0.2) is 78.9 Å². The van der Waals surface area contributed by atoms with Crippen LogP contribution >= 0.6 is 11.6 Å². The number of halogens is 1. The molecule has 1 atom stereocenters. The zero-order valence-electron chi connectivity index (χ0n) is 16.7. The molecule has 1 aliphatic rings. The fraction of sp³-hybridized carbons (Fsp3) is 0.120. The van der Waals surface area contributed by atoms with Gasteiger partial charge in [-0.15, -0.1) is 0 Å². The normalized spacial score (nSPS) is 14.4. The van der Waals surface area contributed by atoms with Crippen molar-refractivity contribution >= 4 is 28.8 Å². The lowest BCUT2D eigenvalue weighted by Crippen LogP contribution is -2.12. The van der Waals surface area contributed by atoms with Crippen LogP contribution < -0.4 is 10.6 Å². The van der Waals surface area contributed by atoms with E-state index in [1.165, 1.54) is 0 Å². The molecule has 1 aromatic heterocycles. The summed E-state index contributed by atoms with van der Waals surface area (Å²) in [5, 5.41) is 22.1. The van der Waals surface area contributed by atoms with Gasteiger partial charge in [0.2, 0.25) is 0 Å². The number of nitrogens with one attached hydrogen (secondary N) is 2. The van der Waals surface area contributed by atoms with Crippen molar-refractivity contribution in [1.29, 1.82) is 5.26 Å². The standard InChI is InChI=1S/C25H20ClN5/c26-19-13-11-18(12-14-19)23-22-24(17-7-2-1-3-8-17)30-31(16-6-15-27)25(22)29-21-10-5-4-9-20(21)28-23/h1-5,7-14,23,28-29H,6,16H2. The van der Waals surface area contributed by atoms with E-state index in [2.05, 4.69) is 34.9 Å². The van der Waals surface area contributed by atoms with Crippen molar-refractivity contribution in [2.24, 2.45) is 0 Å². The molecule has 152 valence electrons. The van der Waals surface area contributed by atoms with Crippen molar-refractivity contribution in [2.75, 3.05) is 10.6 Å². The number of hydrogen-bond acceptors (Lipinski definition) is 4. The monoisotopic (exact) mass is 425 g/mol. The Bertz CT molecular complexity index is 1260. The zero-order valence-corrected chi connectivity index (χ0v) is 17.5. The van der Waals surface area contributed by atoms with Crippen molar-refractivity contribution < 1.29 is 0 Å². The van der Waals surface area contributed by atoms with Gasteiger partial charge in [-0.25, -0.2) is 4.68 Å². The third-order valence-corrected chi connectivity index (χ3v) is 5.70. The summed E-state index contributed by atoms with van der Waals surface area (Å²) < 4.78 is 1.91. The molecule has 0 fully saturated rings. The molecule has 4 aromatic rings. The van der Waals surface area contributed by atoms with E-state index in [4.69, 9.17) is 16.7 Å². The smallest absolute Gasteiger partial charge is 0.135 e. The summed E-state index contributed by atoms with van der Waals surface area (Å²) >= 11 is 6.17. The topological polar surface area (TPSA) is 65.7 Å². The maximum absolute atomic E-state index is 9.19. The molecule has 0 spiro atoms. The van der Waals surface area contributed by atoms with Gasteiger partial charge < -0.3 is 10.6 Å². The molecular formula is C25H20ClN5. The van der Waals surface area contributed by atoms with Crippen LogP contribution in [0.5, 0.6) is 0 Å². The van der Waals surface area contributed by atoms with E-state index < -0.39 is 0 Å². The molecule has 1 unspecified atom stereocenters. The molecule has 5 rings (SSSR count). The van der Waals surface area contributed by atoms with E-state index in [9.17, 15) is 5.26 Å². The highest BCUT2D eigenvalue weighted by molar-refractivity contribution is 6.30. The Morgan fingerprint density at radius 2 is 1.65 bits per heavy atom. The Hall–Kier alpha value is -3.75. The molecule has 0 radical (unpaired) electrons. The number of anilines is 3. The van der Waals surface area contributed by atoms with Gasteiger partial charge in [-0.1, -0.05) is 66.2 Å². The quantitative estimate of drug-likeness (QED) is 0.398. The minimum Gasteiger partial charge on any atom is -0.372 e. The van der Waals surface area contributed by atoms with E-state index >= 15 is 0 Å². The Kier molecular flexibility index (Phi) is 5.07. The lowest BCUT2D eigenvalue weighted by molar-refractivity contribution is 0.637. The minimum atomic E-state index is -0.144. The van der Waals surface area contributed by atoms with Crippen molar-refractivity contribution in [1.82, 2.24) is 9.78 Å². The summed E-state index contributed by atoms with van der Waals surface area (Å²) in [5.41, 5.74) is 6.02. The number of nitrogens with zero attached hydrogens (tertiary/aromatic N) is 3. The summed E-state index contributed by atoms with van der Waals surface area (Å²) in [5.74, 6) is 0.895. The third kappa shape index (κ3) is 3.63. The largest absolute Gasteiger partial charge is 0.372 e. The number of aromatic nitrogens is 2. The lowest BCUT2D eigenvalue weighted by atomic mass is 9.95. The summed E-state index contributed by atoms with van der Waals surface area (Å²) in [6, 6.07) is 28.3. The molecule has 31 heavy (non-hydrogen) atoms. The van der Waals surface area contributed by atoms with Gasteiger partial charge in [-0.3, -0.25) is 0 Å². The van der Waals surface area contributed by atoms with Gasteiger partial charge in [0.05, 0.1) is 36.5 Å². The number of aryl methyl sites for hydroxylation is 1. The van der Waals surface area contributed by atoms with Gasteiger partial charge in [-0.2, -0.15) is 10.4 Å². The van der Waals surface area contributed by atoms with Gasteiger partial charge >= 0.3 is 0 Å². The molecule has 0 aliphatic carbocycles. The molecule has 0 bridgehead atoms. The second-order valence-corrected chi connectivity index (χ2v) is 7.84. The van der Waals surface area contributed by atoms with Crippen molar-refractivity contribution in [3.05, 3.63) is 95.0 Å². The van der Waals surface area contributed by atoms with E-state index in [0.717, 1.165) is 39.6 Å². The van der Waals surface area contributed by atoms with E-state index in [1.807, 2.05) is 65.3 Å². The number of para-hydroxylation sites is 2. The predicted molar refractivity (Wildman–Crippen MR) is 125 cm³/mol. The fourth-order valence-electron chi connectivity index (χ4n) is 3.99. The van der Waals surface area contributed by atoms with Crippen LogP contribution in [-0.2, 0) is 6.54 Å². The van der Waals surface area contributed by atoms with E-state index in [1.54, 1.807) is 0 Å². The van der Waals surface area contributed by atoms with E-state index in [-0.39, 0.29) is 6.04 Å². The Morgan fingerprint density at radius 3 is 2.39 bits per heavy atom. The Labute approximate surface area is 185 Å². The first-order valence-electron chi connectivity index (χ1n) is 10.2. The van der Waals surface area contributed by atoms with Gasteiger partial charge in [0, 0.05) is 16.1 Å². The first-order chi connectivity index (χ1) is 15.2. The van der Waals surface area contributed by atoms with Crippen LogP contribution in [0, 0.1) is 11.3 Å². The highest BCUT2D eigenvalue weighted by Crippen LogP contribution is 2.44. The predicted octanol–water partition coefficient (Wildman–Crippen LogP) is 6.38. The molecule has 2 heterocycles. The second-order valence-electron chi connectivity index (χ2n) is 7.41.